The van der Waals surface area contributed by atoms with Gasteiger partial charge in [0.05, 0.1) is 13.7 Å². The molecule has 2 rings (SSSR count). The predicted molar refractivity (Wildman–Crippen MR) is 114 cm³/mol. The topological polar surface area (TPSA) is 54.9 Å². The van der Waals surface area contributed by atoms with E-state index >= 15 is 0 Å². The molecule has 1 aliphatic rings. The number of hydrogen-bond acceptors (Lipinski definition) is 3. The van der Waals surface area contributed by atoms with Crippen molar-refractivity contribution in [2.24, 2.45) is 10.4 Å². The van der Waals surface area contributed by atoms with Gasteiger partial charge >= 0.3 is 0 Å². The molecule has 0 unspecified atom stereocenters. The van der Waals surface area contributed by atoms with Crippen molar-refractivity contribution < 1.29 is 9.47 Å². The van der Waals surface area contributed by atoms with Crippen molar-refractivity contribution in [2.45, 2.75) is 39.7 Å². The normalized spacial score (nSPS) is 15.2. The molecule has 0 amide bonds. The first-order chi connectivity index (χ1) is 11.7. The van der Waals surface area contributed by atoms with E-state index in [1.165, 1.54) is 18.4 Å². The number of methoxy groups -OCH3 is 1. The summed E-state index contributed by atoms with van der Waals surface area (Å²) in [5.41, 5.74) is 1.58. The SMILES string of the molecule is CCNC(=NCc1ccc(OC)cc1)NCC1(CCOCC)CC1.I. The molecule has 0 bridgehead atoms. The number of rotatable bonds is 10. The molecule has 6 heteroatoms. The number of guanidine groups is 1. The highest BCUT2D eigenvalue weighted by atomic mass is 127. The van der Waals surface area contributed by atoms with Crippen molar-refractivity contribution in [1.82, 2.24) is 10.6 Å². The maximum atomic E-state index is 5.50. The molecule has 1 saturated carbocycles. The molecule has 2 N–H and O–H groups in total. The number of hydrogen-bond donors (Lipinski definition) is 2. The standard InChI is InChI=1S/C19H31N3O2.HI/c1-4-20-18(21-14-16-6-8-17(23-3)9-7-16)22-15-19(10-11-19)12-13-24-5-2;/h6-9H,4-5,10-15H2,1-3H3,(H2,20,21,22);1H. The van der Waals surface area contributed by atoms with Crippen LogP contribution in [0.25, 0.3) is 0 Å². The van der Waals surface area contributed by atoms with Crippen LogP contribution < -0.4 is 15.4 Å². The Kier molecular flexibility index (Phi) is 10.2. The molecule has 25 heavy (non-hydrogen) atoms. The van der Waals surface area contributed by atoms with E-state index < -0.39 is 0 Å². The summed E-state index contributed by atoms with van der Waals surface area (Å²) < 4.78 is 10.7. The van der Waals surface area contributed by atoms with Crippen LogP contribution in [0.3, 0.4) is 0 Å². The molecule has 142 valence electrons. The Morgan fingerprint density at radius 1 is 1.16 bits per heavy atom. The van der Waals surface area contributed by atoms with E-state index in [-0.39, 0.29) is 24.0 Å². The molecule has 1 aromatic carbocycles. The van der Waals surface area contributed by atoms with Crippen LogP contribution in [0.5, 0.6) is 5.75 Å². The summed E-state index contributed by atoms with van der Waals surface area (Å²) >= 11 is 0. The van der Waals surface area contributed by atoms with Crippen LogP contribution in [-0.2, 0) is 11.3 Å². The van der Waals surface area contributed by atoms with Crippen LogP contribution in [0.15, 0.2) is 29.3 Å². The minimum absolute atomic E-state index is 0. The summed E-state index contributed by atoms with van der Waals surface area (Å²) in [6.07, 6.45) is 3.70. The lowest BCUT2D eigenvalue weighted by atomic mass is 10.0. The molecule has 5 nitrogen and oxygen atoms in total. The lowest BCUT2D eigenvalue weighted by Gasteiger charge is -2.18. The summed E-state index contributed by atoms with van der Waals surface area (Å²) in [7, 11) is 1.68. The van der Waals surface area contributed by atoms with Gasteiger partial charge in [0.25, 0.3) is 0 Å². The van der Waals surface area contributed by atoms with Crippen molar-refractivity contribution in [2.75, 3.05) is 33.4 Å². The van der Waals surface area contributed by atoms with E-state index in [0.29, 0.717) is 12.0 Å². The van der Waals surface area contributed by atoms with Crippen molar-refractivity contribution in [3.05, 3.63) is 29.8 Å². The van der Waals surface area contributed by atoms with Gasteiger partial charge in [0.15, 0.2) is 5.96 Å². The van der Waals surface area contributed by atoms with Crippen LogP contribution in [-0.4, -0.2) is 39.4 Å². The molecular weight excluding hydrogens is 429 g/mol. The minimum Gasteiger partial charge on any atom is -0.497 e. The lowest BCUT2D eigenvalue weighted by molar-refractivity contribution is 0.128. The third-order valence-corrected chi connectivity index (χ3v) is 4.49. The maximum Gasteiger partial charge on any atom is 0.191 e. The van der Waals surface area contributed by atoms with E-state index in [0.717, 1.165) is 44.4 Å². The van der Waals surface area contributed by atoms with E-state index in [9.17, 15) is 0 Å². The maximum absolute atomic E-state index is 5.50. The average Bonchev–Trinajstić information content (AvgIpc) is 3.38. The Morgan fingerprint density at radius 3 is 2.44 bits per heavy atom. The van der Waals surface area contributed by atoms with Gasteiger partial charge < -0.3 is 20.1 Å². The number of nitrogens with one attached hydrogen (secondary N) is 2. The number of halogens is 1. The quantitative estimate of drug-likeness (QED) is 0.242. The Bertz CT molecular complexity index is 516. The van der Waals surface area contributed by atoms with Crippen LogP contribution >= 0.6 is 24.0 Å². The number of ether oxygens (including phenoxy) is 2. The van der Waals surface area contributed by atoms with Gasteiger partial charge in [0.2, 0.25) is 0 Å². The molecule has 1 aromatic rings. The predicted octanol–water partition coefficient (Wildman–Crippen LogP) is 3.58. The Hall–Kier alpha value is -1.02. The zero-order valence-corrected chi connectivity index (χ0v) is 18.0. The van der Waals surface area contributed by atoms with Crippen molar-refractivity contribution >= 4 is 29.9 Å². The van der Waals surface area contributed by atoms with Gasteiger partial charge in [-0.15, -0.1) is 24.0 Å². The molecule has 0 spiro atoms. The fraction of sp³-hybridized carbons (Fsp3) is 0.632. The van der Waals surface area contributed by atoms with Gasteiger partial charge in [0, 0.05) is 26.3 Å². The molecule has 0 radical (unpaired) electrons. The third-order valence-electron chi connectivity index (χ3n) is 4.49. The molecule has 0 saturated heterocycles. The van der Waals surface area contributed by atoms with Crippen LogP contribution in [0.4, 0.5) is 0 Å². The Labute approximate surface area is 169 Å². The second-order valence-electron chi connectivity index (χ2n) is 6.34. The average molecular weight is 461 g/mol. The number of benzene rings is 1. The molecule has 1 aliphatic carbocycles. The molecular formula is C19H32IN3O2. The van der Waals surface area contributed by atoms with Crippen LogP contribution in [0.1, 0.15) is 38.7 Å². The fourth-order valence-electron chi connectivity index (χ4n) is 2.64. The summed E-state index contributed by atoms with van der Waals surface area (Å²) in [6.45, 7) is 8.28. The second kappa shape index (κ2) is 11.6. The van der Waals surface area contributed by atoms with Crippen molar-refractivity contribution in [3.63, 3.8) is 0 Å². The zero-order chi connectivity index (χ0) is 17.3. The Morgan fingerprint density at radius 2 is 1.88 bits per heavy atom. The first kappa shape index (κ1) is 22.0. The smallest absolute Gasteiger partial charge is 0.191 e. The van der Waals surface area contributed by atoms with Gasteiger partial charge in [0.1, 0.15) is 5.75 Å². The molecule has 0 aromatic heterocycles. The summed E-state index contributed by atoms with van der Waals surface area (Å²) in [6, 6.07) is 8.04. The molecule has 0 atom stereocenters. The number of nitrogens with zero attached hydrogens (tertiary/aromatic N) is 1. The summed E-state index contributed by atoms with van der Waals surface area (Å²) in [5, 5.41) is 6.83. The van der Waals surface area contributed by atoms with Crippen LogP contribution in [0.2, 0.25) is 0 Å². The summed E-state index contributed by atoms with van der Waals surface area (Å²) in [4.78, 5) is 4.69. The van der Waals surface area contributed by atoms with Gasteiger partial charge in [-0.25, -0.2) is 4.99 Å². The summed E-state index contributed by atoms with van der Waals surface area (Å²) in [5.74, 6) is 1.76. The second-order valence-corrected chi connectivity index (χ2v) is 6.34. The molecule has 0 heterocycles. The highest BCUT2D eigenvalue weighted by molar-refractivity contribution is 14.0. The van der Waals surface area contributed by atoms with Crippen LogP contribution in [0, 0.1) is 5.41 Å². The van der Waals surface area contributed by atoms with Gasteiger partial charge in [-0.3, -0.25) is 0 Å². The van der Waals surface area contributed by atoms with Gasteiger partial charge in [-0.05, 0) is 56.2 Å². The largest absolute Gasteiger partial charge is 0.497 e. The van der Waals surface area contributed by atoms with E-state index in [1.807, 2.05) is 19.1 Å². The fourth-order valence-corrected chi connectivity index (χ4v) is 2.64. The van der Waals surface area contributed by atoms with Crippen molar-refractivity contribution in [3.8, 4) is 5.75 Å². The Balaban J connectivity index is 0.00000312. The minimum atomic E-state index is 0. The highest BCUT2D eigenvalue weighted by Gasteiger charge is 2.41. The molecule has 1 fully saturated rings. The van der Waals surface area contributed by atoms with Crippen molar-refractivity contribution in [1.29, 1.82) is 0 Å². The van der Waals surface area contributed by atoms with Gasteiger partial charge in [-0.2, -0.15) is 0 Å². The van der Waals surface area contributed by atoms with E-state index in [2.05, 4.69) is 34.7 Å². The molecule has 0 aliphatic heterocycles. The number of aliphatic imine (C=N–C) groups is 1. The van der Waals surface area contributed by atoms with E-state index in [1.54, 1.807) is 7.11 Å². The lowest BCUT2D eigenvalue weighted by Crippen LogP contribution is -2.40. The third kappa shape index (κ3) is 7.81. The first-order valence-electron chi connectivity index (χ1n) is 8.94. The highest BCUT2D eigenvalue weighted by Crippen LogP contribution is 2.48. The van der Waals surface area contributed by atoms with Gasteiger partial charge in [-0.1, -0.05) is 12.1 Å². The zero-order valence-electron chi connectivity index (χ0n) is 15.6. The monoisotopic (exact) mass is 461 g/mol. The first-order valence-corrected chi connectivity index (χ1v) is 8.94. The van der Waals surface area contributed by atoms with E-state index in [4.69, 9.17) is 9.47 Å².